The second kappa shape index (κ2) is 7.03. The first-order valence-electron chi connectivity index (χ1n) is 7.76. The van der Waals surface area contributed by atoms with Gasteiger partial charge in [0.1, 0.15) is 11.9 Å². The van der Waals surface area contributed by atoms with Crippen molar-refractivity contribution < 1.29 is 17.9 Å². The van der Waals surface area contributed by atoms with Crippen LogP contribution in [0.1, 0.15) is 24.1 Å². The molecule has 1 aliphatic rings. The summed E-state index contributed by atoms with van der Waals surface area (Å²) in [7, 11) is 0. The third-order valence-corrected chi connectivity index (χ3v) is 4.19. The van der Waals surface area contributed by atoms with Gasteiger partial charge in [-0.05, 0) is 13.0 Å². The van der Waals surface area contributed by atoms with Gasteiger partial charge in [0.15, 0.2) is 0 Å². The Bertz CT molecular complexity index is 748. The number of aromatic nitrogens is 3. The van der Waals surface area contributed by atoms with Crippen LogP contribution in [-0.2, 0) is 6.18 Å². The van der Waals surface area contributed by atoms with Crippen molar-refractivity contribution in [2.24, 2.45) is 0 Å². The molecule has 2 aromatic rings. The number of nitrogens with zero attached hydrogens (tertiary/aromatic N) is 4. The number of hydrogen-bond donors (Lipinski definition) is 0. The van der Waals surface area contributed by atoms with Gasteiger partial charge >= 0.3 is 6.18 Å². The van der Waals surface area contributed by atoms with E-state index in [0.717, 1.165) is 18.0 Å². The van der Waals surface area contributed by atoms with E-state index in [1.165, 1.54) is 0 Å². The Balaban J connectivity index is 1.62. The van der Waals surface area contributed by atoms with Crippen LogP contribution < -0.4 is 9.64 Å². The molecule has 3 heterocycles. The molecule has 0 aromatic carbocycles. The Kier molecular flexibility index (Phi) is 4.99. The molecule has 0 aliphatic carbocycles. The van der Waals surface area contributed by atoms with E-state index in [0.29, 0.717) is 37.6 Å². The van der Waals surface area contributed by atoms with Crippen molar-refractivity contribution in [3.63, 3.8) is 0 Å². The molecule has 3 rings (SSSR count). The largest absolute Gasteiger partial charge is 0.473 e. The van der Waals surface area contributed by atoms with Gasteiger partial charge in [0.2, 0.25) is 5.88 Å². The lowest BCUT2D eigenvalue weighted by Gasteiger charge is -2.33. The van der Waals surface area contributed by atoms with Crippen LogP contribution in [0.15, 0.2) is 24.7 Å². The summed E-state index contributed by atoms with van der Waals surface area (Å²) in [6, 6.07) is 0.912. The molecule has 9 heteroatoms. The standard InChI is InChI=1S/C16H16ClF3N4O/c1-10-7-21-9-14(23-10)25-12-2-4-24(5-3-12)15-13(17)6-11(8-22-15)16(18,19)20/h6-9,12H,2-5H2,1H3. The molecule has 0 N–H and O–H groups in total. The number of ether oxygens (including phenoxy) is 1. The lowest BCUT2D eigenvalue weighted by atomic mass is 10.1. The number of anilines is 1. The lowest BCUT2D eigenvalue weighted by Crippen LogP contribution is -2.39. The van der Waals surface area contributed by atoms with Crippen LogP contribution in [0.5, 0.6) is 5.88 Å². The third-order valence-electron chi connectivity index (χ3n) is 3.91. The minimum Gasteiger partial charge on any atom is -0.473 e. The molecule has 0 unspecified atom stereocenters. The number of pyridine rings is 1. The third kappa shape index (κ3) is 4.31. The Labute approximate surface area is 147 Å². The van der Waals surface area contributed by atoms with Crippen molar-refractivity contribution in [3.8, 4) is 5.88 Å². The maximum absolute atomic E-state index is 12.7. The van der Waals surface area contributed by atoms with Crippen LogP contribution in [0.2, 0.25) is 5.02 Å². The van der Waals surface area contributed by atoms with Crippen molar-refractivity contribution in [3.05, 3.63) is 40.9 Å². The highest BCUT2D eigenvalue weighted by Gasteiger charge is 2.32. The summed E-state index contributed by atoms with van der Waals surface area (Å²) in [6.45, 7) is 3.00. The molecule has 0 saturated carbocycles. The average Bonchev–Trinajstić information content (AvgIpc) is 2.55. The van der Waals surface area contributed by atoms with Crippen molar-refractivity contribution in [2.75, 3.05) is 18.0 Å². The summed E-state index contributed by atoms with van der Waals surface area (Å²) < 4.78 is 43.9. The number of alkyl halides is 3. The molecule has 0 amide bonds. The lowest BCUT2D eigenvalue weighted by molar-refractivity contribution is -0.137. The molecule has 0 atom stereocenters. The molecule has 0 bridgehead atoms. The second-order valence-corrected chi connectivity index (χ2v) is 6.24. The molecule has 1 fully saturated rings. The van der Waals surface area contributed by atoms with Gasteiger partial charge in [-0.2, -0.15) is 13.2 Å². The zero-order valence-electron chi connectivity index (χ0n) is 13.4. The number of halogens is 4. The topological polar surface area (TPSA) is 51.1 Å². The molecular weight excluding hydrogens is 357 g/mol. The number of aryl methyl sites for hydroxylation is 1. The zero-order valence-corrected chi connectivity index (χ0v) is 14.2. The fourth-order valence-electron chi connectivity index (χ4n) is 2.67. The normalized spacial score (nSPS) is 16.1. The predicted octanol–water partition coefficient (Wildman–Crippen LogP) is 3.90. The fourth-order valence-corrected chi connectivity index (χ4v) is 2.96. The quantitative estimate of drug-likeness (QED) is 0.817. The highest BCUT2D eigenvalue weighted by atomic mass is 35.5. The molecule has 134 valence electrons. The molecule has 0 spiro atoms. The van der Waals surface area contributed by atoms with Gasteiger partial charge in [-0.15, -0.1) is 0 Å². The van der Waals surface area contributed by atoms with Gasteiger partial charge in [0, 0.05) is 38.3 Å². The van der Waals surface area contributed by atoms with Crippen molar-refractivity contribution in [2.45, 2.75) is 32.0 Å². The SMILES string of the molecule is Cc1cncc(OC2CCN(c3ncc(C(F)(F)F)cc3Cl)CC2)n1. The van der Waals surface area contributed by atoms with Crippen molar-refractivity contribution in [1.29, 1.82) is 0 Å². The van der Waals surface area contributed by atoms with E-state index in [4.69, 9.17) is 16.3 Å². The fraction of sp³-hybridized carbons (Fsp3) is 0.438. The van der Waals surface area contributed by atoms with Crippen LogP contribution >= 0.6 is 11.6 Å². The van der Waals surface area contributed by atoms with E-state index in [9.17, 15) is 13.2 Å². The molecule has 2 aromatic heterocycles. The molecule has 1 aliphatic heterocycles. The number of rotatable bonds is 3. The van der Waals surface area contributed by atoms with Crippen molar-refractivity contribution >= 4 is 17.4 Å². The summed E-state index contributed by atoms with van der Waals surface area (Å²) >= 11 is 6.00. The molecule has 0 radical (unpaired) electrons. The van der Waals surface area contributed by atoms with Gasteiger partial charge < -0.3 is 9.64 Å². The first-order chi connectivity index (χ1) is 11.8. The minimum absolute atomic E-state index is 0.00116. The Morgan fingerprint density at radius 2 is 1.92 bits per heavy atom. The van der Waals surface area contributed by atoms with Crippen molar-refractivity contribution in [1.82, 2.24) is 15.0 Å². The highest BCUT2D eigenvalue weighted by Crippen LogP contribution is 2.34. The predicted molar refractivity (Wildman–Crippen MR) is 86.9 cm³/mol. The maximum atomic E-state index is 12.7. The maximum Gasteiger partial charge on any atom is 0.417 e. The van der Waals surface area contributed by atoms with Crippen LogP contribution in [0.3, 0.4) is 0 Å². The summed E-state index contributed by atoms with van der Waals surface area (Å²) in [5.41, 5.74) is -0.0758. The van der Waals surface area contributed by atoms with Crippen LogP contribution in [0.25, 0.3) is 0 Å². The smallest absolute Gasteiger partial charge is 0.417 e. The molecule has 25 heavy (non-hydrogen) atoms. The second-order valence-electron chi connectivity index (χ2n) is 5.83. The summed E-state index contributed by atoms with van der Waals surface area (Å²) in [5.74, 6) is 0.840. The van der Waals surface area contributed by atoms with E-state index in [1.54, 1.807) is 12.4 Å². The van der Waals surface area contributed by atoms with Crippen LogP contribution in [0, 0.1) is 6.92 Å². The summed E-state index contributed by atoms with van der Waals surface area (Å²) in [6.07, 6.45) is 0.919. The van der Waals surface area contributed by atoms with Crippen LogP contribution in [-0.4, -0.2) is 34.1 Å². The van der Waals surface area contributed by atoms with E-state index in [-0.39, 0.29) is 11.1 Å². The van der Waals surface area contributed by atoms with Gasteiger partial charge in [-0.3, -0.25) is 4.98 Å². The Morgan fingerprint density at radius 1 is 1.20 bits per heavy atom. The van der Waals surface area contributed by atoms with E-state index in [2.05, 4.69) is 15.0 Å². The van der Waals surface area contributed by atoms with E-state index in [1.807, 2.05) is 11.8 Å². The average molecular weight is 373 g/mol. The first kappa shape index (κ1) is 17.7. The number of piperidine rings is 1. The van der Waals surface area contributed by atoms with Gasteiger partial charge in [-0.1, -0.05) is 11.6 Å². The Morgan fingerprint density at radius 3 is 2.52 bits per heavy atom. The summed E-state index contributed by atoms with van der Waals surface area (Å²) in [4.78, 5) is 14.1. The van der Waals surface area contributed by atoms with E-state index < -0.39 is 11.7 Å². The molecular formula is C16H16ClF3N4O. The number of hydrogen-bond acceptors (Lipinski definition) is 5. The monoisotopic (exact) mass is 372 g/mol. The Hall–Kier alpha value is -2.09. The van der Waals surface area contributed by atoms with Gasteiger partial charge in [0.25, 0.3) is 0 Å². The van der Waals surface area contributed by atoms with Gasteiger partial charge in [0.05, 0.1) is 22.5 Å². The highest BCUT2D eigenvalue weighted by molar-refractivity contribution is 6.33. The van der Waals surface area contributed by atoms with Gasteiger partial charge in [-0.25, -0.2) is 9.97 Å². The van der Waals surface area contributed by atoms with E-state index >= 15 is 0 Å². The first-order valence-corrected chi connectivity index (χ1v) is 8.14. The summed E-state index contributed by atoms with van der Waals surface area (Å²) in [5, 5.41) is -0.00116. The minimum atomic E-state index is -4.45. The zero-order chi connectivity index (χ0) is 18.0. The molecule has 1 saturated heterocycles. The van der Waals surface area contributed by atoms with Crippen LogP contribution in [0.4, 0.5) is 19.0 Å². The molecule has 5 nitrogen and oxygen atoms in total.